The molecule has 7 nitrogen and oxygen atoms in total. The van der Waals surface area contributed by atoms with Crippen molar-refractivity contribution in [2.45, 2.75) is 0 Å². The minimum atomic E-state index is -0.509. The van der Waals surface area contributed by atoms with Crippen LogP contribution in [0.4, 0.5) is 11.4 Å². The van der Waals surface area contributed by atoms with Crippen LogP contribution in [0.15, 0.2) is 40.2 Å². The Morgan fingerprint density at radius 3 is 2.85 bits per heavy atom. The van der Waals surface area contributed by atoms with Crippen molar-refractivity contribution < 1.29 is 9.45 Å². The van der Waals surface area contributed by atoms with E-state index in [0.717, 1.165) is 4.88 Å². The molecule has 0 aliphatic heterocycles. The summed E-state index contributed by atoms with van der Waals surface area (Å²) in [7, 11) is 0. The molecule has 0 radical (unpaired) electrons. The highest BCUT2D eigenvalue weighted by Crippen LogP contribution is 2.30. The van der Waals surface area contributed by atoms with Crippen molar-refractivity contribution in [1.29, 1.82) is 0 Å². The Balaban J connectivity index is 1.99. The van der Waals surface area contributed by atoms with E-state index in [1.165, 1.54) is 29.5 Å². The van der Waals surface area contributed by atoms with Crippen LogP contribution < -0.4 is 5.73 Å². The molecular formula is C12H8N4O3S. The number of nitro benzene ring substituents is 1. The van der Waals surface area contributed by atoms with Gasteiger partial charge in [-0.25, -0.2) is 0 Å². The van der Waals surface area contributed by atoms with Crippen molar-refractivity contribution in [2.24, 2.45) is 0 Å². The Kier molecular flexibility index (Phi) is 2.92. The first-order valence-electron chi connectivity index (χ1n) is 5.57. The van der Waals surface area contributed by atoms with Gasteiger partial charge in [0, 0.05) is 12.1 Å². The fourth-order valence-corrected chi connectivity index (χ4v) is 2.35. The average Bonchev–Trinajstić information content (AvgIpc) is 3.09. The highest BCUT2D eigenvalue weighted by Gasteiger charge is 2.16. The third-order valence-corrected chi connectivity index (χ3v) is 3.51. The highest BCUT2D eigenvalue weighted by atomic mass is 32.1. The van der Waals surface area contributed by atoms with Gasteiger partial charge < -0.3 is 10.3 Å². The van der Waals surface area contributed by atoms with E-state index in [0.29, 0.717) is 11.4 Å². The molecule has 8 heteroatoms. The van der Waals surface area contributed by atoms with Gasteiger partial charge in [-0.1, -0.05) is 11.2 Å². The van der Waals surface area contributed by atoms with Gasteiger partial charge in [0.1, 0.15) is 0 Å². The molecule has 0 aliphatic carbocycles. The number of anilines is 1. The number of rotatable bonds is 3. The molecule has 3 rings (SSSR count). The zero-order valence-electron chi connectivity index (χ0n) is 10.0. The number of nitro groups is 1. The number of nitrogen functional groups attached to an aromatic ring is 1. The van der Waals surface area contributed by atoms with Gasteiger partial charge in [0.2, 0.25) is 5.82 Å². The largest absolute Gasteiger partial charge is 0.398 e. The lowest BCUT2D eigenvalue weighted by atomic mass is 10.1. The second-order valence-electron chi connectivity index (χ2n) is 3.93. The predicted molar refractivity (Wildman–Crippen MR) is 74.1 cm³/mol. The van der Waals surface area contributed by atoms with E-state index < -0.39 is 4.92 Å². The van der Waals surface area contributed by atoms with Crippen LogP contribution in [0.3, 0.4) is 0 Å². The maximum Gasteiger partial charge on any atom is 0.271 e. The van der Waals surface area contributed by atoms with Gasteiger partial charge in [0.15, 0.2) is 0 Å². The molecular weight excluding hydrogens is 280 g/mol. The fraction of sp³-hybridized carbons (Fsp3) is 0. The number of nitrogens with zero attached hydrogens (tertiary/aromatic N) is 3. The number of hydrogen-bond donors (Lipinski definition) is 1. The number of nitrogens with two attached hydrogens (primary N) is 1. The normalized spacial score (nSPS) is 10.6. The van der Waals surface area contributed by atoms with Crippen molar-refractivity contribution in [3.63, 3.8) is 0 Å². The summed E-state index contributed by atoms with van der Waals surface area (Å²) in [6.07, 6.45) is 0. The van der Waals surface area contributed by atoms with E-state index in [2.05, 4.69) is 10.1 Å². The molecule has 0 spiro atoms. The number of non-ortho nitro benzene ring substituents is 1. The lowest BCUT2D eigenvalue weighted by Gasteiger charge is -1.99. The number of hydrogen-bond acceptors (Lipinski definition) is 7. The smallest absolute Gasteiger partial charge is 0.271 e. The number of aromatic nitrogens is 2. The van der Waals surface area contributed by atoms with Gasteiger partial charge in [-0.3, -0.25) is 10.1 Å². The summed E-state index contributed by atoms with van der Waals surface area (Å²) in [6, 6.07) is 7.87. The van der Waals surface area contributed by atoms with Gasteiger partial charge in [0.25, 0.3) is 11.6 Å². The van der Waals surface area contributed by atoms with E-state index in [4.69, 9.17) is 10.3 Å². The molecule has 0 saturated carbocycles. The Labute approximate surface area is 116 Å². The predicted octanol–water partition coefficient (Wildman–Crippen LogP) is 2.96. The zero-order valence-corrected chi connectivity index (χ0v) is 10.8. The zero-order chi connectivity index (χ0) is 14.1. The summed E-state index contributed by atoms with van der Waals surface area (Å²) in [5.74, 6) is 0.702. The Morgan fingerprint density at radius 1 is 1.35 bits per heavy atom. The topological polar surface area (TPSA) is 108 Å². The van der Waals surface area contributed by atoms with Crippen molar-refractivity contribution in [2.75, 3.05) is 5.73 Å². The average molecular weight is 288 g/mol. The summed E-state index contributed by atoms with van der Waals surface area (Å²) in [6.45, 7) is 0. The molecule has 2 aromatic heterocycles. The molecule has 0 aliphatic rings. The Hall–Kier alpha value is -2.74. The lowest BCUT2D eigenvalue weighted by Crippen LogP contribution is -1.94. The van der Waals surface area contributed by atoms with Crippen LogP contribution in [0.25, 0.3) is 22.2 Å². The van der Waals surface area contributed by atoms with E-state index in [1.54, 1.807) is 0 Å². The van der Waals surface area contributed by atoms with Crippen LogP contribution in [0.2, 0.25) is 0 Å². The van der Waals surface area contributed by atoms with Crippen LogP contribution in [-0.2, 0) is 0 Å². The van der Waals surface area contributed by atoms with Crippen molar-refractivity contribution in [3.05, 3.63) is 45.8 Å². The summed E-state index contributed by atoms with van der Waals surface area (Å²) < 4.78 is 5.15. The molecule has 0 amide bonds. The molecule has 0 fully saturated rings. The molecule has 0 unspecified atom stereocenters. The van der Waals surface area contributed by atoms with Gasteiger partial charge in [-0.05, 0) is 17.5 Å². The quantitative estimate of drug-likeness (QED) is 0.451. The SMILES string of the molecule is Nc1cc([N+](=O)[O-])ccc1-c1nc(-c2cccs2)no1. The third-order valence-electron chi connectivity index (χ3n) is 2.64. The first kappa shape index (κ1) is 12.3. The summed E-state index contributed by atoms with van der Waals surface area (Å²) in [5.41, 5.74) is 6.41. The van der Waals surface area contributed by atoms with Crippen molar-refractivity contribution >= 4 is 22.7 Å². The lowest BCUT2D eigenvalue weighted by molar-refractivity contribution is -0.384. The van der Waals surface area contributed by atoms with Crippen LogP contribution in [0.1, 0.15) is 0 Å². The Bertz CT molecular complexity index is 767. The second-order valence-corrected chi connectivity index (χ2v) is 4.88. The van der Waals surface area contributed by atoms with Crippen LogP contribution in [0, 0.1) is 10.1 Å². The van der Waals surface area contributed by atoms with E-state index in [1.807, 2.05) is 17.5 Å². The maximum atomic E-state index is 10.7. The molecule has 100 valence electrons. The summed E-state index contributed by atoms with van der Waals surface area (Å²) in [5, 5.41) is 16.4. The molecule has 1 aromatic carbocycles. The monoisotopic (exact) mass is 288 g/mol. The van der Waals surface area contributed by atoms with E-state index >= 15 is 0 Å². The summed E-state index contributed by atoms with van der Waals surface area (Å²) in [4.78, 5) is 15.3. The van der Waals surface area contributed by atoms with Gasteiger partial charge in [0.05, 0.1) is 21.1 Å². The second kappa shape index (κ2) is 4.74. The van der Waals surface area contributed by atoms with Gasteiger partial charge in [-0.15, -0.1) is 11.3 Å². The van der Waals surface area contributed by atoms with Gasteiger partial charge >= 0.3 is 0 Å². The standard InChI is InChI=1S/C12H8N4O3S/c13-9-6-7(16(17)18)3-4-8(9)12-14-11(15-19-12)10-2-1-5-20-10/h1-6H,13H2. The van der Waals surface area contributed by atoms with Crippen LogP contribution >= 0.6 is 11.3 Å². The molecule has 20 heavy (non-hydrogen) atoms. The fourth-order valence-electron chi connectivity index (χ4n) is 1.70. The van der Waals surface area contributed by atoms with Crippen LogP contribution in [0.5, 0.6) is 0 Å². The minimum Gasteiger partial charge on any atom is -0.398 e. The molecule has 3 aromatic rings. The first-order valence-corrected chi connectivity index (χ1v) is 6.45. The molecule has 0 bridgehead atoms. The number of thiophene rings is 1. The van der Waals surface area contributed by atoms with E-state index in [9.17, 15) is 10.1 Å². The van der Waals surface area contributed by atoms with Crippen molar-refractivity contribution in [1.82, 2.24) is 10.1 Å². The van der Waals surface area contributed by atoms with Crippen LogP contribution in [-0.4, -0.2) is 15.1 Å². The molecule has 2 heterocycles. The van der Waals surface area contributed by atoms with E-state index in [-0.39, 0.29) is 17.3 Å². The minimum absolute atomic E-state index is 0.0794. The first-order chi connectivity index (χ1) is 9.65. The maximum absolute atomic E-state index is 10.7. The summed E-state index contributed by atoms with van der Waals surface area (Å²) >= 11 is 1.49. The highest BCUT2D eigenvalue weighted by molar-refractivity contribution is 7.13. The molecule has 0 atom stereocenters. The molecule has 2 N–H and O–H groups in total. The third kappa shape index (κ3) is 2.12. The molecule has 0 saturated heterocycles. The van der Waals surface area contributed by atoms with Gasteiger partial charge in [-0.2, -0.15) is 4.98 Å². The number of benzene rings is 1. The van der Waals surface area contributed by atoms with Crippen molar-refractivity contribution in [3.8, 4) is 22.2 Å². The Morgan fingerprint density at radius 2 is 2.20 bits per heavy atom.